The third-order valence-corrected chi connectivity index (χ3v) is 4.51. The fourth-order valence-electron chi connectivity index (χ4n) is 3.18. The predicted octanol–water partition coefficient (Wildman–Crippen LogP) is 5.12. The quantitative estimate of drug-likeness (QED) is 0.650. The minimum absolute atomic E-state index is 0.436. The molecule has 25 heavy (non-hydrogen) atoms. The molecule has 1 heterocycles. The smallest absolute Gasteiger partial charge is 0.219 e. The van der Waals surface area contributed by atoms with Crippen LogP contribution >= 0.6 is 0 Å². The molecule has 0 radical (unpaired) electrons. The van der Waals surface area contributed by atoms with Gasteiger partial charge in [-0.05, 0) is 41.5 Å². The number of pyridine rings is 1. The number of aromatic nitrogens is 1. The molecule has 0 aliphatic heterocycles. The fraction of sp³-hybridized carbons (Fsp3) is 0.136. The maximum Gasteiger partial charge on any atom is 0.219 e. The molecule has 1 aliphatic rings. The third kappa shape index (κ3) is 3.41. The van der Waals surface area contributed by atoms with Gasteiger partial charge in [0, 0.05) is 37.5 Å². The summed E-state index contributed by atoms with van der Waals surface area (Å²) in [5.41, 5.74) is 3.91. The number of rotatable bonds is 5. The first kappa shape index (κ1) is 15.5. The summed E-state index contributed by atoms with van der Waals surface area (Å²) in [6, 6.07) is 22.4. The number of hydrogen-bond donors (Lipinski definition) is 0. The number of hydrogen-bond acceptors (Lipinski definition) is 3. The van der Waals surface area contributed by atoms with Gasteiger partial charge in [0.2, 0.25) is 5.88 Å². The van der Waals surface area contributed by atoms with Crippen LogP contribution in [0.2, 0.25) is 0 Å². The Balaban J connectivity index is 1.43. The van der Waals surface area contributed by atoms with E-state index >= 15 is 0 Å². The van der Waals surface area contributed by atoms with E-state index in [0.29, 0.717) is 11.8 Å². The molecule has 0 amide bonds. The van der Waals surface area contributed by atoms with E-state index in [9.17, 15) is 0 Å². The maximum atomic E-state index is 5.75. The number of benzene rings is 2. The molecule has 124 valence electrons. The van der Waals surface area contributed by atoms with Crippen molar-refractivity contribution in [1.29, 1.82) is 0 Å². The lowest BCUT2D eigenvalue weighted by Gasteiger charge is -2.23. The van der Waals surface area contributed by atoms with Crippen molar-refractivity contribution in [2.45, 2.75) is 5.92 Å². The van der Waals surface area contributed by atoms with Crippen LogP contribution in [0.5, 0.6) is 11.6 Å². The van der Waals surface area contributed by atoms with E-state index < -0.39 is 0 Å². The molecule has 3 heteroatoms. The molecule has 1 aromatic heterocycles. The van der Waals surface area contributed by atoms with Gasteiger partial charge in [-0.3, -0.25) is 0 Å². The van der Waals surface area contributed by atoms with Crippen molar-refractivity contribution in [3.05, 3.63) is 90.1 Å². The molecule has 1 atom stereocenters. The molecular formula is C22H20N2O. The summed E-state index contributed by atoms with van der Waals surface area (Å²) in [5, 5.41) is 0. The van der Waals surface area contributed by atoms with Crippen LogP contribution in [0.25, 0.3) is 6.08 Å². The van der Waals surface area contributed by atoms with Crippen molar-refractivity contribution in [3.63, 3.8) is 0 Å². The van der Waals surface area contributed by atoms with Crippen LogP contribution < -0.4 is 9.64 Å². The lowest BCUT2D eigenvalue weighted by Crippen LogP contribution is -2.22. The van der Waals surface area contributed by atoms with Crippen LogP contribution in [0.1, 0.15) is 17.0 Å². The summed E-state index contributed by atoms with van der Waals surface area (Å²) >= 11 is 0. The minimum Gasteiger partial charge on any atom is -0.439 e. The van der Waals surface area contributed by atoms with Crippen molar-refractivity contribution in [2.24, 2.45) is 0 Å². The van der Waals surface area contributed by atoms with Gasteiger partial charge < -0.3 is 9.64 Å². The molecule has 2 aromatic carbocycles. The van der Waals surface area contributed by atoms with Gasteiger partial charge >= 0.3 is 0 Å². The van der Waals surface area contributed by atoms with Crippen LogP contribution in [0.4, 0.5) is 5.69 Å². The largest absolute Gasteiger partial charge is 0.439 e. The molecular weight excluding hydrogens is 308 g/mol. The Bertz CT molecular complexity index is 872. The zero-order valence-corrected chi connectivity index (χ0v) is 14.2. The Morgan fingerprint density at radius 1 is 0.960 bits per heavy atom. The van der Waals surface area contributed by atoms with E-state index in [-0.39, 0.29) is 0 Å². The van der Waals surface area contributed by atoms with Gasteiger partial charge in [0.25, 0.3) is 0 Å². The summed E-state index contributed by atoms with van der Waals surface area (Å²) in [7, 11) is 2.13. The van der Waals surface area contributed by atoms with Crippen LogP contribution in [0.15, 0.2) is 79.0 Å². The highest BCUT2D eigenvalue weighted by atomic mass is 16.5. The molecule has 4 rings (SSSR count). The second kappa shape index (κ2) is 6.81. The van der Waals surface area contributed by atoms with Gasteiger partial charge in [-0.1, -0.05) is 42.5 Å². The van der Waals surface area contributed by atoms with Gasteiger partial charge in [0.15, 0.2) is 0 Å². The number of fused-ring (bicyclic) bond motifs is 1. The molecule has 1 aliphatic carbocycles. The minimum atomic E-state index is 0.436. The monoisotopic (exact) mass is 328 g/mol. The Labute approximate surface area is 148 Å². The van der Waals surface area contributed by atoms with Crippen LogP contribution in [-0.4, -0.2) is 18.6 Å². The number of anilines is 1. The molecule has 1 unspecified atom stereocenters. The van der Waals surface area contributed by atoms with E-state index in [1.165, 1.54) is 16.8 Å². The van der Waals surface area contributed by atoms with Gasteiger partial charge in [-0.15, -0.1) is 0 Å². The van der Waals surface area contributed by atoms with Gasteiger partial charge in [-0.2, -0.15) is 0 Å². The second-order valence-electron chi connectivity index (χ2n) is 6.24. The Morgan fingerprint density at radius 2 is 1.76 bits per heavy atom. The van der Waals surface area contributed by atoms with Crippen molar-refractivity contribution >= 4 is 11.8 Å². The highest BCUT2D eigenvalue weighted by Gasteiger charge is 2.18. The van der Waals surface area contributed by atoms with Crippen molar-refractivity contribution in [3.8, 4) is 11.6 Å². The van der Waals surface area contributed by atoms with E-state index in [1.807, 2.05) is 30.3 Å². The Hall–Kier alpha value is -3.07. The molecule has 0 saturated heterocycles. The van der Waals surface area contributed by atoms with Crippen LogP contribution in [0, 0.1) is 0 Å². The molecule has 0 spiro atoms. The Kier molecular flexibility index (Phi) is 4.21. The van der Waals surface area contributed by atoms with Crippen LogP contribution in [0.3, 0.4) is 0 Å². The average Bonchev–Trinajstić information content (AvgIpc) is 3.06. The molecule has 0 N–H and O–H groups in total. The highest BCUT2D eigenvalue weighted by Crippen LogP contribution is 2.31. The van der Waals surface area contributed by atoms with Crippen molar-refractivity contribution in [2.75, 3.05) is 18.5 Å². The average molecular weight is 328 g/mol. The normalized spacial score (nSPS) is 15.0. The number of likely N-dealkylation sites (N-methyl/N-ethyl adjacent to an activating group) is 1. The zero-order chi connectivity index (χ0) is 17.1. The topological polar surface area (TPSA) is 25.4 Å². The summed E-state index contributed by atoms with van der Waals surface area (Å²) in [6.45, 7) is 0.952. The second-order valence-corrected chi connectivity index (χ2v) is 6.24. The van der Waals surface area contributed by atoms with Gasteiger partial charge in [-0.25, -0.2) is 4.98 Å². The zero-order valence-electron chi connectivity index (χ0n) is 14.2. The summed E-state index contributed by atoms with van der Waals surface area (Å²) < 4.78 is 5.75. The maximum absolute atomic E-state index is 5.75. The first-order valence-corrected chi connectivity index (χ1v) is 8.47. The predicted molar refractivity (Wildman–Crippen MR) is 102 cm³/mol. The lowest BCUT2D eigenvalue weighted by molar-refractivity contribution is 0.463. The van der Waals surface area contributed by atoms with E-state index in [1.54, 1.807) is 6.20 Å². The SMILES string of the molecule is CN(CC1C=Cc2ccccc21)c1ccc(Oc2ccccn2)cc1. The summed E-state index contributed by atoms with van der Waals surface area (Å²) in [6.07, 6.45) is 6.24. The summed E-state index contributed by atoms with van der Waals surface area (Å²) in [4.78, 5) is 6.46. The third-order valence-electron chi connectivity index (χ3n) is 4.51. The lowest BCUT2D eigenvalue weighted by atomic mass is 10.0. The highest BCUT2D eigenvalue weighted by molar-refractivity contribution is 5.63. The van der Waals surface area contributed by atoms with E-state index in [4.69, 9.17) is 4.74 Å². The van der Waals surface area contributed by atoms with Gasteiger partial charge in [0.1, 0.15) is 5.75 Å². The summed E-state index contributed by atoms with van der Waals surface area (Å²) in [5.74, 6) is 1.84. The standard InChI is InChI=1S/C22H20N2O/c1-24(16-18-10-9-17-6-2-3-7-21(17)18)19-11-13-20(14-12-19)25-22-8-4-5-15-23-22/h2-15,18H,16H2,1H3. The van der Waals surface area contributed by atoms with E-state index in [2.05, 4.69) is 65.5 Å². The molecule has 0 fully saturated rings. The number of nitrogens with zero attached hydrogens (tertiary/aromatic N) is 2. The first-order chi connectivity index (χ1) is 12.3. The fourth-order valence-corrected chi connectivity index (χ4v) is 3.18. The number of ether oxygens (including phenoxy) is 1. The molecule has 3 aromatic rings. The van der Waals surface area contributed by atoms with E-state index in [0.717, 1.165) is 12.3 Å². The van der Waals surface area contributed by atoms with Crippen molar-refractivity contribution in [1.82, 2.24) is 4.98 Å². The molecule has 0 bridgehead atoms. The van der Waals surface area contributed by atoms with Gasteiger partial charge in [0.05, 0.1) is 0 Å². The molecule has 3 nitrogen and oxygen atoms in total. The Morgan fingerprint density at radius 3 is 2.56 bits per heavy atom. The molecule has 0 saturated carbocycles. The van der Waals surface area contributed by atoms with Crippen LogP contribution in [-0.2, 0) is 0 Å². The first-order valence-electron chi connectivity index (χ1n) is 8.47. The van der Waals surface area contributed by atoms with Crippen molar-refractivity contribution < 1.29 is 4.74 Å².